The van der Waals surface area contributed by atoms with Crippen LogP contribution in [0, 0.1) is 0 Å². The van der Waals surface area contributed by atoms with E-state index in [2.05, 4.69) is 33.6 Å². The summed E-state index contributed by atoms with van der Waals surface area (Å²) in [6.07, 6.45) is 4.08. The summed E-state index contributed by atoms with van der Waals surface area (Å²) in [7, 11) is 0. The average Bonchev–Trinajstić information content (AvgIpc) is 2.86. The second kappa shape index (κ2) is 5.21. The number of aromatic nitrogens is 2. The monoisotopic (exact) mass is 235 g/mol. The number of nitrogen functional groups attached to an aromatic ring is 1. The van der Waals surface area contributed by atoms with Gasteiger partial charge in [0.05, 0.1) is 0 Å². The Morgan fingerprint density at radius 1 is 1.24 bits per heavy atom. The Hall–Kier alpha value is -1.52. The summed E-state index contributed by atoms with van der Waals surface area (Å²) in [5.74, 6) is 1.77. The van der Waals surface area contributed by atoms with Crippen molar-refractivity contribution in [1.82, 2.24) is 9.97 Å². The molecule has 0 aliphatic carbocycles. The van der Waals surface area contributed by atoms with Gasteiger partial charge in [0.2, 0.25) is 0 Å². The predicted octanol–water partition coefficient (Wildman–Crippen LogP) is 1.51. The quantitative estimate of drug-likeness (QED) is 0.857. The molecule has 0 amide bonds. The van der Waals surface area contributed by atoms with E-state index in [4.69, 9.17) is 5.73 Å². The van der Waals surface area contributed by atoms with Gasteiger partial charge in [-0.25, -0.2) is 9.97 Å². The van der Waals surface area contributed by atoms with Gasteiger partial charge in [-0.1, -0.05) is 0 Å². The summed E-state index contributed by atoms with van der Waals surface area (Å²) in [6.45, 7) is 8.16. The molecule has 0 atom stereocenters. The molecule has 1 fully saturated rings. The second-order valence-corrected chi connectivity index (χ2v) is 4.30. The van der Waals surface area contributed by atoms with Crippen LogP contribution in [0.25, 0.3) is 0 Å². The van der Waals surface area contributed by atoms with Crippen molar-refractivity contribution in [2.24, 2.45) is 0 Å². The van der Waals surface area contributed by atoms with E-state index in [1.807, 2.05) is 0 Å². The fourth-order valence-corrected chi connectivity index (χ4v) is 2.33. The van der Waals surface area contributed by atoms with E-state index >= 15 is 0 Å². The highest BCUT2D eigenvalue weighted by atomic mass is 15.3. The molecule has 1 saturated heterocycles. The lowest BCUT2D eigenvalue weighted by Crippen LogP contribution is -2.27. The van der Waals surface area contributed by atoms with Crippen molar-refractivity contribution in [3.05, 3.63) is 6.33 Å². The molecule has 1 aromatic heterocycles. The molecule has 5 heteroatoms. The molecule has 1 aliphatic rings. The number of nitrogens with zero attached hydrogens (tertiary/aromatic N) is 4. The van der Waals surface area contributed by atoms with Crippen LogP contribution in [0.2, 0.25) is 0 Å². The summed E-state index contributed by atoms with van der Waals surface area (Å²) >= 11 is 0. The van der Waals surface area contributed by atoms with E-state index in [1.54, 1.807) is 6.33 Å². The minimum absolute atomic E-state index is 0.720. The molecule has 2 N–H and O–H groups in total. The number of hydrogen-bond donors (Lipinski definition) is 1. The van der Waals surface area contributed by atoms with Crippen LogP contribution in [0.5, 0.6) is 0 Å². The lowest BCUT2D eigenvalue weighted by atomic mass is 10.3. The van der Waals surface area contributed by atoms with Crippen LogP contribution in [0.1, 0.15) is 26.7 Å². The van der Waals surface area contributed by atoms with Crippen LogP contribution >= 0.6 is 0 Å². The molecule has 1 aromatic rings. The molecule has 0 unspecified atom stereocenters. The molecule has 5 nitrogen and oxygen atoms in total. The van der Waals surface area contributed by atoms with Gasteiger partial charge >= 0.3 is 0 Å². The van der Waals surface area contributed by atoms with Crippen LogP contribution < -0.4 is 15.5 Å². The fourth-order valence-electron chi connectivity index (χ4n) is 2.33. The van der Waals surface area contributed by atoms with Crippen molar-refractivity contribution in [3.8, 4) is 0 Å². The van der Waals surface area contributed by atoms with Gasteiger partial charge in [-0.2, -0.15) is 0 Å². The van der Waals surface area contributed by atoms with E-state index in [1.165, 1.54) is 12.8 Å². The standard InChI is InChI=1S/C12H21N5/c1-3-16(4-2)11-10(13)12(15-9-14-11)17-7-5-6-8-17/h9H,3-8,13H2,1-2H3. The molecule has 94 valence electrons. The molecular weight excluding hydrogens is 214 g/mol. The maximum absolute atomic E-state index is 6.21. The highest BCUT2D eigenvalue weighted by Gasteiger charge is 2.19. The van der Waals surface area contributed by atoms with Crippen molar-refractivity contribution in [1.29, 1.82) is 0 Å². The summed E-state index contributed by atoms with van der Waals surface area (Å²) < 4.78 is 0. The van der Waals surface area contributed by atoms with Crippen molar-refractivity contribution >= 4 is 17.3 Å². The molecule has 17 heavy (non-hydrogen) atoms. The number of anilines is 3. The molecule has 0 radical (unpaired) electrons. The number of hydrogen-bond acceptors (Lipinski definition) is 5. The Bertz CT molecular complexity index is 349. The van der Waals surface area contributed by atoms with Crippen LogP contribution in [-0.2, 0) is 0 Å². The zero-order chi connectivity index (χ0) is 12.3. The Morgan fingerprint density at radius 2 is 1.88 bits per heavy atom. The largest absolute Gasteiger partial charge is 0.393 e. The van der Waals surface area contributed by atoms with E-state index < -0.39 is 0 Å². The van der Waals surface area contributed by atoms with Crippen LogP contribution in [0.3, 0.4) is 0 Å². The van der Waals surface area contributed by atoms with Crippen molar-refractivity contribution in [3.63, 3.8) is 0 Å². The molecular formula is C12H21N5. The zero-order valence-corrected chi connectivity index (χ0v) is 10.7. The Balaban J connectivity index is 2.31. The van der Waals surface area contributed by atoms with E-state index in [9.17, 15) is 0 Å². The molecule has 0 bridgehead atoms. The fraction of sp³-hybridized carbons (Fsp3) is 0.667. The maximum atomic E-state index is 6.21. The van der Waals surface area contributed by atoms with Gasteiger partial charge in [0.15, 0.2) is 11.6 Å². The van der Waals surface area contributed by atoms with Crippen molar-refractivity contribution in [2.75, 3.05) is 41.7 Å². The molecule has 1 aliphatic heterocycles. The van der Waals surface area contributed by atoms with Gasteiger partial charge in [0.25, 0.3) is 0 Å². The lowest BCUT2D eigenvalue weighted by molar-refractivity contribution is 0.838. The first kappa shape index (κ1) is 12.0. The van der Waals surface area contributed by atoms with Crippen LogP contribution in [0.4, 0.5) is 17.3 Å². The molecule has 0 spiro atoms. The maximum Gasteiger partial charge on any atom is 0.157 e. The summed E-state index contributed by atoms with van der Waals surface area (Å²) in [6, 6.07) is 0. The van der Waals surface area contributed by atoms with E-state index in [0.29, 0.717) is 0 Å². The average molecular weight is 235 g/mol. The lowest BCUT2D eigenvalue weighted by Gasteiger charge is -2.24. The van der Waals surface area contributed by atoms with Gasteiger partial charge in [-0.15, -0.1) is 0 Å². The zero-order valence-electron chi connectivity index (χ0n) is 10.7. The Kier molecular flexibility index (Phi) is 3.66. The van der Waals surface area contributed by atoms with Crippen molar-refractivity contribution in [2.45, 2.75) is 26.7 Å². The molecule has 2 heterocycles. The third-order valence-electron chi connectivity index (χ3n) is 3.31. The first-order valence-corrected chi connectivity index (χ1v) is 6.38. The minimum Gasteiger partial charge on any atom is -0.393 e. The van der Waals surface area contributed by atoms with E-state index in [0.717, 1.165) is 43.5 Å². The first-order chi connectivity index (χ1) is 8.27. The normalized spacial score (nSPS) is 15.3. The third kappa shape index (κ3) is 2.28. The van der Waals surface area contributed by atoms with E-state index in [-0.39, 0.29) is 0 Å². The van der Waals surface area contributed by atoms with Crippen molar-refractivity contribution < 1.29 is 0 Å². The summed E-state index contributed by atoms with van der Waals surface area (Å²) in [5.41, 5.74) is 6.93. The van der Waals surface area contributed by atoms with Gasteiger partial charge in [-0.3, -0.25) is 0 Å². The van der Waals surface area contributed by atoms with Crippen LogP contribution in [-0.4, -0.2) is 36.1 Å². The third-order valence-corrected chi connectivity index (χ3v) is 3.31. The highest BCUT2D eigenvalue weighted by Crippen LogP contribution is 2.30. The minimum atomic E-state index is 0.720. The first-order valence-electron chi connectivity index (χ1n) is 6.38. The predicted molar refractivity (Wildman–Crippen MR) is 71.5 cm³/mol. The van der Waals surface area contributed by atoms with Gasteiger partial charge in [0, 0.05) is 26.2 Å². The summed E-state index contributed by atoms with van der Waals surface area (Å²) in [4.78, 5) is 13.1. The SMILES string of the molecule is CCN(CC)c1ncnc(N2CCCC2)c1N. The second-order valence-electron chi connectivity index (χ2n) is 4.30. The number of nitrogens with two attached hydrogens (primary N) is 1. The van der Waals surface area contributed by atoms with Gasteiger partial charge in [0.1, 0.15) is 12.0 Å². The summed E-state index contributed by atoms with van der Waals surface area (Å²) in [5, 5.41) is 0. The smallest absolute Gasteiger partial charge is 0.157 e. The Labute approximate surface area is 103 Å². The topological polar surface area (TPSA) is 58.3 Å². The van der Waals surface area contributed by atoms with Gasteiger partial charge < -0.3 is 15.5 Å². The number of rotatable bonds is 4. The van der Waals surface area contributed by atoms with Crippen LogP contribution in [0.15, 0.2) is 6.33 Å². The Morgan fingerprint density at radius 3 is 2.47 bits per heavy atom. The molecule has 0 aromatic carbocycles. The molecule has 2 rings (SSSR count). The highest BCUT2D eigenvalue weighted by molar-refractivity contribution is 5.75. The van der Waals surface area contributed by atoms with Gasteiger partial charge in [-0.05, 0) is 26.7 Å². The molecule has 0 saturated carbocycles.